The second-order valence-corrected chi connectivity index (χ2v) is 4.75. The van der Waals surface area contributed by atoms with E-state index in [4.69, 9.17) is 14.6 Å². The normalized spacial score (nSPS) is 10.5. The summed E-state index contributed by atoms with van der Waals surface area (Å²) in [5.74, 6) is -0.168. The largest absolute Gasteiger partial charge is 0.497 e. The van der Waals surface area contributed by atoms with Crippen molar-refractivity contribution in [2.45, 2.75) is 6.61 Å². The van der Waals surface area contributed by atoms with Crippen LogP contribution < -0.4 is 9.47 Å². The standard InChI is InChI=1S/C17H15NO6/c1-23-14-7-8-15(18(21)22)13(10-14)11-24-16-5-3-2-4-12(16)6-9-17(19)20/h2-10H,11H2,1H3,(H,19,20)/b9-6+. The van der Waals surface area contributed by atoms with Crippen molar-refractivity contribution >= 4 is 17.7 Å². The van der Waals surface area contributed by atoms with Crippen molar-refractivity contribution in [3.05, 3.63) is 69.8 Å². The third kappa shape index (κ3) is 4.33. The van der Waals surface area contributed by atoms with Crippen LogP contribution in [0, 0.1) is 10.1 Å². The molecule has 0 radical (unpaired) electrons. The van der Waals surface area contributed by atoms with Crippen molar-refractivity contribution in [1.82, 2.24) is 0 Å². The highest BCUT2D eigenvalue weighted by atomic mass is 16.6. The van der Waals surface area contributed by atoms with Crippen molar-refractivity contribution in [1.29, 1.82) is 0 Å². The number of nitro benzene ring substituents is 1. The summed E-state index contributed by atoms with van der Waals surface area (Å²) in [6, 6.07) is 11.2. The number of hydrogen-bond donors (Lipinski definition) is 1. The zero-order valence-corrected chi connectivity index (χ0v) is 12.8. The van der Waals surface area contributed by atoms with E-state index in [1.165, 1.54) is 31.4 Å². The molecule has 0 unspecified atom stereocenters. The first-order valence-electron chi connectivity index (χ1n) is 6.95. The van der Waals surface area contributed by atoms with Crippen LogP contribution in [0.2, 0.25) is 0 Å². The number of methoxy groups -OCH3 is 1. The van der Waals surface area contributed by atoms with Crippen LogP contribution >= 0.6 is 0 Å². The number of para-hydroxylation sites is 1. The molecule has 2 aromatic carbocycles. The lowest BCUT2D eigenvalue weighted by atomic mass is 10.1. The van der Waals surface area contributed by atoms with Gasteiger partial charge in [-0.2, -0.15) is 0 Å². The van der Waals surface area contributed by atoms with Crippen LogP contribution in [0.3, 0.4) is 0 Å². The van der Waals surface area contributed by atoms with E-state index in [9.17, 15) is 14.9 Å². The van der Waals surface area contributed by atoms with Gasteiger partial charge in [-0.05, 0) is 24.3 Å². The molecule has 24 heavy (non-hydrogen) atoms. The van der Waals surface area contributed by atoms with Crippen LogP contribution in [0.25, 0.3) is 6.08 Å². The number of benzene rings is 2. The van der Waals surface area contributed by atoms with Gasteiger partial charge in [-0.15, -0.1) is 0 Å². The molecule has 2 aromatic rings. The molecule has 0 amide bonds. The smallest absolute Gasteiger partial charge is 0.328 e. The first-order chi connectivity index (χ1) is 11.5. The lowest BCUT2D eigenvalue weighted by molar-refractivity contribution is -0.385. The van der Waals surface area contributed by atoms with Crippen LogP contribution in [-0.2, 0) is 11.4 Å². The highest BCUT2D eigenvalue weighted by Gasteiger charge is 2.15. The molecule has 0 atom stereocenters. The quantitative estimate of drug-likeness (QED) is 0.475. The zero-order chi connectivity index (χ0) is 17.5. The van der Waals surface area contributed by atoms with E-state index in [0.29, 0.717) is 22.6 Å². The van der Waals surface area contributed by atoms with Gasteiger partial charge in [0, 0.05) is 17.7 Å². The van der Waals surface area contributed by atoms with Gasteiger partial charge in [-0.3, -0.25) is 10.1 Å². The van der Waals surface area contributed by atoms with Crippen molar-refractivity contribution in [2.75, 3.05) is 7.11 Å². The molecule has 1 N–H and O–H groups in total. The number of carboxylic acids is 1. The number of aliphatic carboxylic acids is 1. The van der Waals surface area contributed by atoms with Gasteiger partial charge in [0.1, 0.15) is 18.1 Å². The molecule has 7 nitrogen and oxygen atoms in total. The Labute approximate surface area is 137 Å². The Morgan fingerprint density at radius 1 is 1.29 bits per heavy atom. The second kappa shape index (κ2) is 7.77. The zero-order valence-electron chi connectivity index (χ0n) is 12.8. The molecule has 0 saturated carbocycles. The number of carboxylic acid groups (broad SMARTS) is 1. The summed E-state index contributed by atoms with van der Waals surface area (Å²) >= 11 is 0. The van der Waals surface area contributed by atoms with Gasteiger partial charge in [0.15, 0.2) is 0 Å². The van der Waals surface area contributed by atoms with Gasteiger partial charge in [-0.25, -0.2) is 4.79 Å². The summed E-state index contributed by atoms with van der Waals surface area (Å²) in [6.45, 7) is -0.0502. The maximum absolute atomic E-state index is 11.1. The average Bonchev–Trinajstić information content (AvgIpc) is 2.58. The Hall–Kier alpha value is -3.35. The Kier molecular flexibility index (Phi) is 5.51. The molecule has 0 aliphatic heterocycles. The van der Waals surface area contributed by atoms with E-state index >= 15 is 0 Å². The van der Waals surface area contributed by atoms with Gasteiger partial charge >= 0.3 is 5.97 Å². The molecule has 0 aliphatic rings. The molecule has 0 aliphatic carbocycles. The minimum absolute atomic E-state index is 0.0502. The summed E-state index contributed by atoms with van der Waals surface area (Å²) in [5, 5.41) is 19.8. The summed E-state index contributed by atoms with van der Waals surface area (Å²) in [4.78, 5) is 21.3. The molecule has 0 spiro atoms. The van der Waals surface area contributed by atoms with Crippen molar-refractivity contribution in [3.63, 3.8) is 0 Å². The van der Waals surface area contributed by atoms with Gasteiger partial charge in [0.2, 0.25) is 0 Å². The topological polar surface area (TPSA) is 98.9 Å². The minimum Gasteiger partial charge on any atom is -0.497 e. The molecular weight excluding hydrogens is 314 g/mol. The monoisotopic (exact) mass is 329 g/mol. The number of hydrogen-bond acceptors (Lipinski definition) is 5. The third-order valence-corrected chi connectivity index (χ3v) is 3.19. The predicted octanol–water partition coefficient (Wildman–Crippen LogP) is 3.28. The number of carbonyl (C=O) groups is 1. The van der Waals surface area contributed by atoms with Crippen molar-refractivity contribution < 1.29 is 24.3 Å². The van der Waals surface area contributed by atoms with E-state index in [0.717, 1.165) is 6.08 Å². The van der Waals surface area contributed by atoms with Crippen LogP contribution in [0.1, 0.15) is 11.1 Å². The van der Waals surface area contributed by atoms with E-state index < -0.39 is 10.9 Å². The fourth-order valence-electron chi connectivity index (χ4n) is 2.05. The fraction of sp³-hybridized carbons (Fsp3) is 0.118. The van der Waals surface area contributed by atoms with Crippen LogP contribution in [0.5, 0.6) is 11.5 Å². The number of nitro groups is 1. The maximum atomic E-state index is 11.1. The van der Waals surface area contributed by atoms with Crippen molar-refractivity contribution in [3.8, 4) is 11.5 Å². The van der Waals surface area contributed by atoms with Crippen molar-refractivity contribution in [2.24, 2.45) is 0 Å². The van der Waals surface area contributed by atoms with E-state index in [2.05, 4.69) is 0 Å². The molecule has 7 heteroatoms. The highest BCUT2D eigenvalue weighted by Crippen LogP contribution is 2.27. The van der Waals surface area contributed by atoms with Crippen LogP contribution in [-0.4, -0.2) is 23.1 Å². The summed E-state index contributed by atoms with van der Waals surface area (Å²) in [7, 11) is 1.47. The third-order valence-electron chi connectivity index (χ3n) is 3.19. The first-order valence-corrected chi connectivity index (χ1v) is 6.95. The number of rotatable bonds is 7. The molecule has 0 aromatic heterocycles. The van der Waals surface area contributed by atoms with E-state index in [1.54, 1.807) is 24.3 Å². The number of ether oxygens (including phenoxy) is 2. The summed E-state index contributed by atoms with van der Waals surface area (Å²) in [5.41, 5.74) is 0.844. The Morgan fingerprint density at radius 3 is 2.71 bits per heavy atom. The molecular formula is C17H15NO6. The Morgan fingerprint density at radius 2 is 2.04 bits per heavy atom. The minimum atomic E-state index is -1.08. The maximum Gasteiger partial charge on any atom is 0.328 e. The average molecular weight is 329 g/mol. The van der Waals surface area contributed by atoms with Gasteiger partial charge in [-0.1, -0.05) is 18.2 Å². The molecule has 0 fully saturated rings. The Balaban J connectivity index is 2.25. The van der Waals surface area contributed by atoms with Gasteiger partial charge < -0.3 is 14.6 Å². The summed E-state index contributed by atoms with van der Waals surface area (Å²) < 4.78 is 10.7. The summed E-state index contributed by atoms with van der Waals surface area (Å²) in [6.07, 6.45) is 2.40. The molecule has 124 valence electrons. The van der Waals surface area contributed by atoms with Crippen LogP contribution in [0.15, 0.2) is 48.5 Å². The number of nitrogens with zero attached hydrogens (tertiary/aromatic N) is 1. The van der Waals surface area contributed by atoms with E-state index in [1.807, 2.05) is 0 Å². The fourth-order valence-corrected chi connectivity index (χ4v) is 2.05. The Bertz CT molecular complexity index is 784. The predicted molar refractivity (Wildman–Crippen MR) is 87.1 cm³/mol. The molecule has 2 rings (SSSR count). The van der Waals surface area contributed by atoms with E-state index in [-0.39, 0.29) is 12.3 Å². The molecule has 0 heterocycles. The lowest BCUT2D eigenvalue weighted by Crippen LogP contribution is -2.02. The van der Waals surface area contributed by atoms with Gasteiger partial charge in [0.25, 0.3) is 5.69 Å². The molecule has 0 bridgehead atoms. The SMILES string of the molecule is COc1ccc([N+](=O)[O-])c(COc2ccccc2/C=C/C(=O)O)c1. The van der Waals surface area contributed by atoms with Gasteiger partial charge in [0.05, 0.1) is 17.6 Å². The highest BCUT2D eigenvalue weighted by molar-refractivity contribution is 5.85. The molecule has 0 saturated heterocycles. The van der Waals surface area contributed by atoms with Crippen LogP contribution in [0.4, 0.5) is 5.69 Å². The first kappa shape index (κ1) is 17.0. The second-order valence-electron chi connectivity index (χ2n) is 4.75. The lowest BCUT2D eigenvalue weighted by Gasteiger charge is -2.10.